The van der Waals surface area contributed by atoms with Crippen LogP contribution in [0.4, 0.5) is 0 Å². The van der Waals surface area contributed by atoms with Gasteiger partial charge in [0.15, 0.2) is 11.0 Å². The van der Waals surface area contributed by atoms with Gasteiger partial charge in [-0.25, -0.2) is 8.42 Å². The zero-order valence-electron chi connectivity index (χ0n) is 18.2. The molecule has 0 N–H and O–H groups in total. The van der Waals surface area contributed by atoms with E-state index >= 15 is 0 Å². The van der Waals surface area contributed by atoms with Crippen LogP contribution in [0.15, 0.2) is 77.3 Å². The van der Waals surface area contributed by atoms with Crippen molar-refractivity contribution >= 4 is 21.8 Å². The molecule has 1 fully saturated rings. The van der Waals surface area contributed by atoms with Gasteiger partial charge in [0.2, 0.25) is 10.0 Å². The molecule has 0 radical (unpaired) electrons. The fourth-order valence-corrected chi connectivity index (χ4v) is 5.66. The number of benzene rings is 2. The number of allylic oxidation sites excluding steroid dienone is 1. The van der Waals surface area contributed by atoms with Crippen molar-refractivity contribution in [3.05, 3.63) is 67.3 Å². The van der Waals surface area contributed by atoms with Crippen molar-refractivity contribution in [2.75, 3.05) is 38.7 Å². The van der Waals surface area contributed by atoms with Gasteiger partial charge in [0.05, 0.1) is 24.7 Å². The van der Waals surface area contributed by atoms with E-state index < -0.39 is 10.0 Å². The zero-order valence-corrected chi connectivity index (χ0v) is 19.8. The van der Waals surface area contributed by atoms with E-state index in [4.69, 9.17) is 9.47 Å². The van der Waals surface area contributed by atoms with Crippen molar-refractivity contribution in [3.8, 4) is 17.1 Å². The molecule has 174 valence electrons. The maximum atomic E-state index is 13.1. The second-order valence-electron chi connectivity index (χ2n) is 7.26. The highest BCUT2D eigenvalue weighted by atomic mass is 32.2. The molecule has 0 unspecified atom stereocenters. The highest BCUT2D eigenvalue weighted by Crippen LogP contribution is 2.27. The molecule has 33 heavy (non-hydrogen) atoms. The summed E-state index contributed by atoms with van der Waals surface area (Å²) < 4.78 is 40.6. The summed E-state index contributed by atoms with van der Waals surface area (Å²) in [5.41, 5.74) is 0.686. The molecule has 3 aromatic rings. The van der Waals surface area contributed by atoms with E-state index in [0.29, 0.717) is 56.6 Å². The summed E-state index contributed by atoms with van der Waals surface area (Å²) in [7, 11) is -3.60. The lowest BCUT2D eigenvalue weighted by Gasteiger charge is -2.26. The number of nitrogens with zero attached hydrogens (tertiary/aromatic N) is 4. The quantitative estimate of drug-likeness (QED) is 0.247. The first-order valence-corrected chi connectivity index (χ1v) is 13.1. The van der Waals surface area contributed by atoms with E-state index in [9.17, 15) is 8.42 Å². The molecule has 1 aromatic heterocycles. The number of sulfonamides is 1. The van der Waals surface area contributed by atoms with Gasteiger partial charge < -0.3 is 9.47 Å². The van der Waals surface area contributed by atoms with Gasteiger partial charge in [-0.1, -0.05) is 48.2 Å². The van der Waals surface area contributed by atoms with Gasteiger partial charge in [-0.15, -0.1) is 16.8 Å². The van der Waals surface area contributed by atoms with Crippen molar-refractivity contribution in [2.45, 2.75) is 16.6 Å². The predicted octanol–water partition coefficient (Wildman–Crippen LogP) is 3.32. The van der Waals surface area contributed by atoms with Crippen LogP contribution in [-0.2, 0) is 21.3 Å². The van der Waals surface area contributed by atoms with Crippen LogP contribution in [0.2, 0.25) is 0 Å². The molecular weight excluding hydrogens is 460 g/mol. The second-order valence-corrected chi connectivity index (χ2v) is 10.3. The van der Waals surface area contributed by atoms with Crippen molar-refractivity contribution < 1.29 is 17.9 Å². The van der Waals surface area contributed by atoms with Crippen LogP contribution in [0, 0.1) is 0 Å². The SMILES string of the molecule is C=CCn1c(SCCOc2ccccc2)nnc1-c1cccc(S(=O)(=O)N2CCOCC2)c1. The molecular formula is C23H26N4O4S2. The number of hydrogen-bond acceptors (Lipinski definition) is 7. The van der Waals surface area contributed by atoms with Crippen molar-refractivity contribution in [1.29, 1.82) is 0 Å². The van der Waals surface area contributed by atoms with Crippen LogP contribution in [0.3, 0.4) is 0 Å². The van der Waals surface area contributed by atoms with Gasteiger partial charge in [0.25, 0.3) is 0 Å². The lowest BCUT2D eigenvalue weighted by Crippen LogP contribution is -2.40. The smallest absolute Gasteiger partial charge is 0.243 e. The van der Waals surface area contributed by atoms with E-state index in [0.717, 1.165) is 10.9 Å². The summed E-state index contributed by atoms with van der Waals surface area (Å²) in [4.78, 5) is 0.237. The van der Waals surface area contributed by atoms with Gasteiger partial charge >= 0.3 is 0 Å². The van der Waals surface area contributed by atoms with E-state index in [1.165, 1.54) is 16.1 Å². The van der Waals surface area contributed by atoms with E-state index in [-0.39, 0.29) is 4.90 Å². The topological polar surface area (TPSA) is 86.5 Å². The molecule has 4 rings (SSSR count). The summed E-state index contributed by atoms with van der Waals surface area (Å²) >= 11 is 1.53. The van der Waals surface area contributed by atoms with Gasteiger partial charge in [-0.3, -0.25) is 4.57 Å². The van der Waals surface area contributed by atoms with E-state index in [1.807, 2.05) is 41.0 Å². The lowest BCUT2D eigenvalue weighted by molar-refractivity contribution is 0.0730. The maximum Gasteiger partial charge on any atom is 0.243 e. The fourth-order valence-electron chi connectivity index (χ4n) is 3.44. The second kappa shape index (κ2) is 11.0. The number of rotatable bonds is 10. The number of morpholine rings is 1. The molecule has 0 bridgehead atoms. The molecule has 1 aliphatic rings. The van der Waals surface area contributed by atoms with Crippen LogP contribution in [0.5, 0.6) is 5.75 Å². The number of para-hydroxylation sites is 1. The van der Waals surface area contributed by atoms with E-state index in [2.05, 4.69) is 16.8 Å². The minimum atomic E-state index is -3.60. The summed E-state index contributed by atoms with van der Waals surface area (Å²) in [6.07, 6.45) is 1.77. The number of aromatic nitrogens is 3. The Bertz CT molecular complexity index is 1180. The van der Waals surface area contributed by atoms with Crippen LogP contribution in [-0.4, -0.2) is 66.2 Å². The monoisotopic (exact) mass is 486 g/mol. The average Bonchev–Trinajstić information content (AvgIpc) is 3.26. The summed E-state index contributed by atoms with van der Waals surface area (Å²) in [6.45, 7) is 6.38. The van der Waals surface area contributed by atoms with Crippen LogP contribution in [0.1, 0.15) is 0 Å². The standard InChI is InChI=1S/C23H26N4O4S2/c1-2-11-27-22(24-25-23(27)32-17-16-31-20-8-4-3-5-9-20)19-7-6-10-21(18-19)33(28,29)26-12-14-30-15-13-26/h2-10,18H,1,11-17H2. The lowest BCUT2D eigenvalue weighted by atomic mass is 10.2. The Hall–Kier alpha value is -2.66. The Labute approximate surface area is 198 Å². The third-order valence-corrected chi connectivity index (χ3v) is 7.88. The highest BCUT2D eigenvalue weighted by Gasteiger charge is 2.27. The molecule has 0 spiro atoms. The van der Waals surface area contributed by atoms with E-state index in [1.54, 1.807) is 24.3 Å². The minimum absolute atomic E-state index is 0.237. The fraction of sp³-hybridized carbons (Fsp3) is 0.304. The van der Waals surface area contributed by atoms with Crippen LogP contribution >= 0.6 is 11.8 Å². The molecule has 2 aromatic carbocycles. The molecule has 10 heteroatoms. The molecule has 0 saturated carbocycles. The molecule has 8 nitrogen and oxygen atoms in total. The van der Waals surface area contributed by atoms with Crippen molar-refractivity contribution in [2.24, 2.45) is 0 Å². The van der Waals surface area contributed by atoms with Gasteiger partial charge in [-0.2, -0.15) is 4.31 Å². The minimum Gasteiger partial charge on any atom is -0.493 e. The van der Waals surface area contributed by atoms with Gasteiger partial charge in [-0.05, 0) is 24.3 Å². The molecule has 0 amide bonds. The third kappa shape index (κ3) is 5.64. The molecule has 1 saturated heterocycles. The molecule has 0 aliphatic carbocycles. The Morgan fingerprint density at radius 2 is 1.88 bits per heavy atom. The zero-order chi connectivity index (χ0) is 23.1. The van der Waals surface area contributed by atoms with Gasteiger partial charge in [0, 0.05) is 31.0 Å². The normalized spacial score (nSPS) is 14.8. The Morgan fingerprint density at radius 1 is 1.09 bits per heavy atom. The van der Waals surface area contributed by atoms with Crippen molar-refractivity contribution in [3.63, 3.8) is 0 Å². The van der Waals surface area contributed by atoms with Crippen molar-refractivity contribution in [1.82, 2.24) is 19.1 Å². The largest absolute Gasteiger partial charge is 0.493 e. The molecule has 0 atom stereocenters. The predicted molar refractivity (Wildman–Crippen MR) is 128 cm³/mol. The Morgan fingerprint density at radius 3 is 2.64 bits per heavy atom. The first-order chi connectivity index (χ1) is 16.1. The first kappa shape index (κ1) is 23.5. The Balaban J connectivity index is 1.51. The summed E-state index contributed by atoms with van der Waals surface area (Å²) in [6, 6.07) is 16.5. The number of thioether (sulfide) groups is 1. The van der Waals surface area contributed by atoms with Gasteiger partial charge in [0.1, 0.15) is 5.75 Å². The molecule has 2 heterocycles. The maximum absolute atomic E-state index is 13.1. The third-order valence-electron chi connectivity index (χ3n) is 5.06. The number of hydrogen-bond donors (Lipinski definition) is 0. The summed E-state index contributed by atoms with van der Waals surface area (Å²) in [5, 5.41) is 9.41. The average molecular weight is 487 g/mol. The first-order valence-electron chi connectivity index (χ1n) is 10.6. The number of ether oxygens (including phenoxy) is 2. The van der Waals surface area contributed by atoms with Crippen LogP contribution in [0.25, 0.3) is 11.4 Å². The highest BCUT2D eigenvalue weighted by molar-refractivity contribution is 7.99. The van der Waals surface area contributed by atoms with Crippen LogP contribution < -0.4 is 4.74 Å². The molecule has 1 aliphatic heterocycles. The summed E-state index contributed by atoms with van der Waals surface area (Å²) in [5.74, 6) is 2.11. The Kier molecular flexibility index (Phi) is 7.81.